The van der Waals surface area contributed by atoms with Crippen molar-refractivity contribution < 1.29 is 0 Å². The molecule has 11 heavy (non-hydrogen) atoms. The van der Waals surface area contributed by atoms with Gasteiger partial charge in [-0.25, -0.2) is 0 Å². The fraction of sp³-hybridized carbons (Fsp3) is 0.625. The Labute approximate surface area is 66.4 Å². The zero-order valence-corrected chi connectivity index (χ0v) is 6.75. The number of likely N-dealkylation sites (tertiary alicyclic amines) is 1. The maximum atomic E-state index is 3.95. The Bertz CT molecular complexity index is 217. The molecule has 0 bridgehead atoms. The second kappa shape index (κ2) is 2.66. The van der Waals surface area contributed by atoms with Crippen molar-refractivity contribution in [1.82, 2.24) is 15.1 Å². The van der Waals surface area contributed by atoms with Crippen LogP contribution in [-0.2, 0) is 0 Å². The molecule has 2 heterocycles. The van der Waals surface area contributed by atoms with Crippen LogP contribution in [0.4, 0.5) is 0 Å². The van der Waals surface area contributed by atoms with Crippen molar-refractivity contribution in [2.45, 2.75) is 18.9 Å². The number of rotatable bonds is 1. The summed E-state index contributed by atoms with van der Waals surface area (Å²) < 4.78 is 0. The molecule has 0 saturated carbocycles. The van der Waals surface area contributed by atoms with Crippen LogP contribution >= 0.6 is 0 Å². The molecule has 1 aliphatic heterocycles. The molecular weight excluding hydrogens is 138 g/mol. The first kappa shape index (κ1) is 6.85. The van der Waals surface area contributed by atoms with Crippen molar-refractivity contribution in [2.75, 3.05) is 13.6 Å². The van der Waals surface area contributed by atoms with E-state index in [2.05, 4.69) is 28.2 Å². The van der Waals surface area contributed by atoms with Crippen molar-refractivity contribution in [3.63, 3.8) is 0 Å². The topological polar surface area (TPSA) is 31.9 Å². The number of nitrogens with one attached hydrogen (secondary N) is 1. The van der Waals surface area contributed by atoms with Gasteiger partial charge in [0.05, 0.1) is 11.7 Å². The molecule has 1 fully saturated rings. The smallest absolute Gasteiger partial charge is 0.0523 e. The first-order valence-corrected chi connectivity index (χ1v) is 4.07. The van der Waals surface area contributed by atoms with E-state index in [0.717, 1.165) is 0 Å². The van der Waals surface area contributed by atoms with Crippen LogP contribution in [0.1, 0.15) is 24.6 Å². The molecule has 60 valence electrons. The molecule has 1 atom stereocenters. The molecule has 0 amide bonds. The van der Waals surface area contributed by atoms with E-state index in [4.69, 9.17) is 0 Å². The van der Waals surface area contributed by atoms with Crippen LogP contribution < -0.4 is 0 Å². The third-order valence-electron chi connectivity index (χ3n) is 2.40. The predicted octanol–water partition coefficient (Wildman–Crippen LogP) is 1.18. The Morgan fingerprint density at radius 1 is 1.73 bits per heavy atom. The summed E-state index contributed by atoms with van der Waals surface area (Å²) in [5, 5.41) is 6.97. The normalized spacial score (nSPS) is 26.1. The van der Waals surface area contributed by atoms with Gasteiger partial charge in [-0.2, -0.15) is 5.10 Å². The molecule has 1 N–H and O–H groups in total. The first-order valence-electron chi connectivity index (χ1n) is 4.07. The van der Waals surface area contributed by atoms with Gasteiger partial charge in [-0.1, -0.05) is 0 Å². The summed E-state index contributed by atoms with van der Waals surface area (Å²) in [5.74, 6) is 0. The van der Waals surface area contributed by atoms with Gasteiger partial charge in [-0.15, -0.1) is 0 Å². The summed E-state index contributed by atoms with van der Waals surface area (Å²) in [4.78, 5) is 2.37. The van der Waals surface area contributed by atoms with Gasteiger partial charge in [0.1, 0.15) is 0 Å². The Balaban J connectivity index is 2.16. The van der Waals surface area contributed by atoms with Crippen molar-refractivity contribution in [3.8, 4) is 0 Å². The van der Waals surface area contributed by atoms with Crippen LogP contribution in [-0.4, -0.2) is 28.7 Å². The van der Waals surface area contributed by atoms with Gasteiger partial charge in [0.2, 0.25) is 0 Å². The number of hydrogen-bond acceptors (Lipinski definition) is 2. The van der Waals surface area contributed by atoms with E-state index in [1.165, 1.54) is 25.1 Å². The maximum absolute atomic E-state index is 3.95. The lowest BCUT2D eigenvalue weighted by atomic mass is 10.1. The second-order valence-electron chi connectivity index (χ2n) is 3.15. The molecule has 0 radical (unpaired) electrons. The lowest BCUT2D eigenvalue weighted by Crippen LogP contribution is -2.17. The molecule has 1 aromatic rings. The van der Waals surface area contributed by atoms with Gasteiger partial charge < -0.3 is 0 Å². The van der Waals surface area contributed by atoms with Gasteiger partial charge >= 0.3 is 0 Å². The van der Waals surface area contributed by atoms with E-state index in [0.29, 0.717) is 6.04 Å². The van der Waals surface area contributed by atoms with Gasteiger partial charge in [-0.05, 0) is 32.5 Å². The lowest BCUT2D eigenvalue weighted by molar-refractivity contribution is 0.311. The molecule has 0 unspecified atom stereocenters. The zero-order valence-electron chi connectivity index (χ0n) is 6.75. The van der Waals surface area contributed by atoms with Crippen LogP contribution in [0, 0.1) is 0 Å². The third kappa shape index (κ3) is 1.16. The molecule has 1 aliphatic rings. The van der Waals surface area contributed by atoms with Crippen molar-refractivity contribution >= 4 is 0 Å². The number of nitrogens with zero attached hydrogens (tertiary/aromatic N) is 2. The predicted molar refractivity (Wildman–Crippen MR) is 43.2 cm³/mol. The maximum Gasteiger partial charge on any atom is 0.0523 e. The third-order valence-corrected chi connectivity index (χ3v) is 2.40. The Kier molecular flexibility index (Phi) is 1.66. The fourth-order valence-corrected chi connectivity index (χ4v) is 1.76. The van der Waals surface area contributed by atoms with E-state index in [1.807, 2.05) is 6.20 Å². The van der Waals surface area contributed by atoms with Crippen LogP contribution in [0.15, 0.2) is 12.3 Å². The molecule has 2 rings (SSSR count). The molecule has 1 aromatic heterocycles. The highest BCUT2D eigenvalue weighted by Gasteiger charge is 2.22. The Hall–Kier alpha value is -0.830. The Morgan fingerprint density at radius 2 is 2.64 bits per heavy atom. The lowest BCUT2D eigenvalue weighted by Gasteiger charge is -2.16. The van der Waals surface area contributed by atoms with Crippen LogP contribution in [0.5, 0.6) is 0 Å². The van der Waals surface area contributed by atoms with Gasteiger partial charge in [0, 0.05) is 6.20 Å². The van der Waals surface area contributed by atoms with Gasteiger partial charge in [0.15, 0.2) is 0 Å². The quantitative estimate of drug-likeness (QED) is 0.653. The molecule has 0 aromatic carbocycles. The summed E-state index contributed by atoms with van der Waals surface area (Å²) in [6.45, 7) is 1.21. The minimum absolute atomic E-state index is 0.581. The molecule has 3 heteroatoms. The van der Waals surface area contributed by atoms with E-state index in [1.54, 1.807) is 0 Å². The van der Waals surface area contributed by atoms with Crippen molar-refractivity contribution in [3.05, 3.63) is 18.0 Å². The van der Waals surface area contributed by atoms with Crippen molar-refractivity contribution in [1.29, 1.82) is 0 Å². The zero-order chi connectivity index (χ0) is 7.68. The largest absolute Gasteiger partial charge is 0.298 e. The van der Waals surface area contributed by atoms with Gasteiger partial charge in [-0.3, -0.25) is 10.00 Å². The van der Waals surface area contributed by atoms with Crippen LogP contribution in [0.2, 0.25) is 0 Å². The minimum atomic E-state index is 0.581. The van der Waals surface area contributed by atoms with Crippen LogP contribution in [0.3, 0.4) is 0 Å². The number of aromatic amines is 1. The van der Waals surface area contributed by atoms with E-state index < -0.39 is 0 Å². The number of H-pyrrole nitrogens is 1. The van der Waals surface area contributed by atoms with Crippen molar-refractivity contribution in [2.24, 2.45) is 0 Å². The Morgan fingerprint density at radius 3 is 3.18 bits per heavy atom. The highest BCUT2D eigenvalue weighted by molar-refractivity contribution is 5.06. The van der Waals surface area contributed by atoms with E-state index >= 15 is 0 Å². The molecule has 0 spiro atoms. The first-order chi connectivity index (χ1) is 5.38. The summed E-state index contributed by atoms with van der Waals surface area (Å²) in [7, 11) is 2.17. The van der Waals surface area contributed by atoms with E-state index in [9.17, 15) is 0 Å². The second-order valence-corrected chi connectivity index (χ2v) is 3.15. The fourth-order valence-electron chi connectivity index (χ4n) is 1.76. The average Bonchev–Trinajstić information content (AvgIpc) is 2.55. The number of aromatic nitrogens is 2. The molecule has 1 saturated heterocycles. The molecular formula is C8H13N3. The summed E-state index contributed by atoms with van der Waals surface area (Å²) >= 11 is 0. The SMILES string of the molecule is CN1CCC[C@H]1c1ccn[nH]1. The minimum Gasteiger partial charge on any atom is -0.298 e. The highest BCUT2D eigenvalue weighted by Crippen LogP contribution is 2.28. The summed E-state index contributed by atoms with van der Waals surface area (Å²) in [5.41, 5.74) is 1.25. The van der Waals surface area contributed by atoms with E-state index in [-0.39, 0.29) is 0 Å². The highest BCUT2D eigenvalue weighted by atomic mass is 15.2. The number of hydrogen-bond donors (Lipinski definition) is 1. The summed E-state index contributed by atoms with van der Waals surface area (Å²) in [6.07, 6.45) is 4.39. The molecule has 3 nitrogen and oxygen atoms in total. The standard InChI is InChI=1S/C8H13N3/c1-11-6-2-3-8(11)7-4-5-9-10-7/h4-5,8H,2-3,6H2,1H3,(H,9,10)/t8-/m0/s1. The monoisotopic (exact) mass is 151 g/mol. The average molecular weight is 151 g/mol. The molecule has 0 aliphatic carbocycles. The van der Waals surface area contributed by atoms with Gasteiger partial charge in [0.25, 0.3) is 0 Å². The summed E-state index contributed by atoms with van der Waals surface area (Å²) in [6, 6.07) is 2.64. The van der Waals surface area contributed by atoms with Crippen LogP contribution in [0.25, 0.3) is 0 Å².